The summed E-state index contributed by atoms with van der Waals surface area (Å²) in [5, 5.41) is 10.1. The molecule has 1 aliphatic heterocycles. The van der Waals surface area contributed by atoms with E-state index in [2.05, 4.69) is 4.72 Å². The van der Waals surface area contributed by atoms with E-state index >= 15 is 0 Å². The minimum Gasteiger partial charge on any atom is -0.490 e. The minimum absolute atomic E-state index is 0.0288. The number of carbonyl (C=O) groups excluding carboxylic acids is 2. The van der Waals surface area contributed by atoms with Gasteiger partial charge in [-0.05, 0) is 56.9 Å². The molecule has 11 heteroatoms. The Kier molecular flexibility index (Phi) is 12.2. The van der Waals surface area contributed by atoms with Gasteiger partial charge in [0, 0.05) is 38.3 Å². The SMILES string of the molecule is C[C@@H]1CCCCO[C@@H](CN(C)C(=O)Cc2ccccc2)[C@H](C)CN([C@H](C)CO)C(=O)c2cc(NS(C)(=O)=O)ccc2O1. The molecule has 0 spiro atoms. The monoisotopic (exact) mass is 603 g/mol. The number of amides is 2. The number of aliphatic hydroxyl groups excluding tert-OH is 1. The molecule has 42 heavy (non-hydrogen) atoms. The van der Waals surface area contributed by atoms with Crippen LogP contribution in [0.15, 0.2) is 48.5 Å². The molecule has 2 amide bonds. The van der Waals surface area contributed by atoms with Gasteiger partial charge >= 0.3 is 0 Å². The fourth-order valence-electron chi connectivity index (χ4n) is 4.94. The number of likely N-dealkylation sites (N-methyl/N-ethyl adjacent to an activating group) is 1. The third-order valence-electron chi connectivity index (χ3n) is 7.43. The number of hydrogen-bond donors (Lipinski definition) is 2. The first-order chi connectivity index (χ1) is 19.9. The Hall–Kier alpha value is -3.15. The number of benzene rings is 2. The van der Waals surface area contributed by atoms with Crippen molar-refractivity contribution in [2.24, 2.45) is 5.92 Å². The van der Waals surface area contributed by atoms with Crippen molar-refractivity contribution in [1.29, 1.82) is 0 Å². The van der Waals surface area contributed by atoms with Crippen molar-refractivity contribution in [1.82, 2.24) is 9.80 Å². The molecular formula is C31H45N3O7S. The molecule has 0 saturated carbocycles. The molecule has 1 aliphatic rings. The van der Waals surface area contributed by atoms with Gasteiger partial charge in [0.1, 0.15) is 5.75 Å². The van der Waals surface area contributed by atoms with E-state index in [9.17, 15) is 23.1 Å². The minimum atomic E-state index is -3.57. The Labute approximate surface area is 250 Å². The predicted octanol–water partition coefficient (Wildman–Crippen LogP) is 3.55. The summed E-state index contributed by atoms with van der Waals surface area (Å²) >= 11 is 0. The highest BCUT2D eigenvalue weighted by molar-refractivity contribution is 7.92. The Morgan fingerprint density at radius 3 is 2.55 bits per heavy atom. The molecule has 0 fully saturated rings. The van der Waals surface area contributed by atoms with E-state index < -0.39 is 22.0 Å². The lowest BCUT2D eigenvalue weighted by atomic mass is 10.0. The van der Waals surface area contributed by atoms with Crippen molar-refractivity contribution >= 4 is 27.5 Å². The average Bonchev–Trinajstić information content (AvgIpc) is 2.94. The summed E-state index contributed by atoms with van der Waals surface area (Å²) in [6.07, 6.45) is 3.14. The van der Waals surface area contributed by atoms with E-state index in [1.54, 1.807) is 35.9 Å². The maximum absolute atomic E-state index is 14.1. The fraction of sp³-hybridized carbons (Fsp3) is 0.548. The second-order valence-corrected chi connectivity index (χ2v) is 13.1. The van der Waals surface area contributed by atoms with Gasteiger partial charge in [-0.3, -0.25) is 14.3 Å². The second kappa shape index (κ2) is 15.4. The highest BCUT2D eigenvalue weighted by Gasteiger charge is 2.31. The lowest BCUT2D eigenvalue weighted by Crippen LogP contribution is -2.48. The predicted molar refractivity (Wildman–Crippen MR) is 163 cm³/mol. The smallest absolute Gasteiger partial charge is 0.258 e. The number of ether oxygens (including phenoxy) is 2. The van der Waals surface area contributed by atoms with Crippen molar-refractivity contribution in [3.63, 3.8) is 0 Å². The van der Waals surface area contributed by atoms with Gasteiger partial charge in [0.2, 0.25) is 15.9 Å². The van der Waals surface area contributed by atoms with Crippen molar-refractivity contribution in [2.75, 3.05) is 44.3 Å². The molecule has 0 aliphatic carbocycles. The van der Waals surface area contributed by atoms with Crippen molar-refractivity contribution < 1.29 is 32.6 Å². The van der Waals surface area contributed by atoms with Crippen molar-refractivity contribution in [3.8, 4) is 5.75 Å². The van der Waals surface area contributed by atoms with E-state index in [1.807, 2.05) is 44.2 Å². The van der Waals surface area contributed by atoms with Crippen LogP contribution >= 0.6 is 0 Å². The van der Waals surface area contributed by atoms with Crippen molar-refractivity contribution in [3.05, 3.63) is 59.7 Å². The van der Waals surface area contributed by atoms with Gasteiger partial charge in [-0.25, -0.2) is 8.42 Å². The van der Waals surface area contributed by atoms with Crippen LogP contribution in [0.2, 0.25) is 0 Å². The summed E-state index contributed by atoms with van der Waals surface area (Å²) in [4.78, 5) is 30.3. The van der Waals surface area contributed by atoms with Crippen LogP contribution in [0.3, 0.4) is 0 Å². The molecule has 3 rings (SSSR count). The summed E-state index contributed by atoms with van der Waals surface area (Å²) in [5.41, 5.74) is 1.38. The van der Waals surface area contributed by atoms with Crippen LogP contribution in [0.1, 0.15) is 56.0 Å². The van der Waals surface area contributed by atoms with E-state index in [-0.39, 0.29) is 54.9 Å². The van der Waals surface area contributed by atoms with Gasteiger partial charge in [0.25, 0.3) is 5.91 Å². The normalized spacial score (nSPS) is 21.4. The molecule has 232 valence electrons. The van der Waals surface area contributed by atoms with Gasteiger partial charge in [-0.2, -0.15) is 0 Å². The highest BCUT2D eigenvalue weighted by atomic mass is 32.2. The zero-order valence-electron chi connectivity index (χ0n) is 25.3. The third-order valence-corrected chi connectivity index (χ3v) is 8.04. The fourth-order valence-corrected chi connectivity index (χ4v) is 5.50. The number of carbonyl (C=O) groups is 2. The van der Waals surface area contributed by atoms with Crippen LogP contribution in [-0.4, -0.2) is 93.0 Å². The van der Waals surface area contributed by atoms with Gasteiger partial charge in [-0.1, -0.05) is 37.3 Å². The highest BCUT2D eigenvalue weighted by Crippen LogP contribution is 2.29. The molecular weight excluding hydrogens is 558 g/mol. The maximum Gasteiger partial charge on any atom is 0.258 e. The number of nitrogens with one attached hydrogen (secondary N) is 1. The Balaban J connectivity index is 1.91. The van der Waals surface area contributed by atoms with Crippen LogP contribution < -0.4 is 9.46 Å². The topological polar surface area (TPSA) is 125 Å². The van der Waals surface area contributed by atoms with Crippen LogP contribution in [0, 0.1) is 5.92 Å². The maximum atomic E-state index is 14.1. The van der Waals surface area contributed by atoms with Gasteiger partial charge in [-0.15, -0.1) is 0 Å². The van der Waals surface area contributed by atoms with E-state index in [1.165, 1.54) is 6.07 Å². The van der Waals surface area contributed by atoms with Gasteiger partial charge in [0.15, 0.2) is 0 Å². The molecule has 10 nitrogen and oxygen atoms in total. The molecule has 0 aromatic heterocycles. The molecule has 2 N–H and O–H groups in total. The quantitative estimate of drug-likeness (QED) is 0.473. The summed E-state index contributed by atoms with van der Waals surface area (Å²) in [6, 6.07) is 13.7. The summed E-state index contributed by atoms with van der Waals surface area (Å²) < 4.78 is 38.7. The molecule has 4 atom stereocenters. The van der Waals surface area contributed by atoms with Gasteiger partial charge in [0.05, 0.1) is 43.1 Å². The van der Waals surface area contributed by atoms with Crippen LogP contribution in [0.5, 0.6) is 5.75 Å². The molecule has 0 saturated heterocycles. The number of sulfonamides is 1. The summed E-state index contributed by atoms with van der Waals surface area (Å²) in [6.45, 7) is 6.47. The zero-order chi connectivity index (χ0) is 30.9. The Morgan fingerprint density at radius 1 is 1.17 bits per heavy atom. The molecule has 2 aromatic carbocycles. The van der Waals surface area contributed by atoms with Crippen molar-refractivity contribution in [2.45, 2.75) is 64.7 Å². The van der Waals surface area contributed by atoms with E-state index in [4.69, 9.17) is 9.47 Å². The van der Waals surface area contributed by atoms with Crippen LogP contribution in [0.25, 0.3) is 0 Å². The Morgan fingerprint density at radius 2 is 1.88 bits per heavy atom. The largest absolute Gasteiger partial charge is 0.490 e. The number of rotatable bonds is 8. The summed E-state index contributed by atoms with van der Waals surface area (Å²) in [7, 11) is -1.81. The Bertz CT molecular complexity index is 1290. The lowest BCUT2D eigenvalue weighted by molar-refractivity contribution is -0.131. The molecule has 1 heterocycles. The lowest BCUT2D eigenvalue weighted by Gasteiger charge is -2.36. The van der Waals surface area contributed by atoms with E-state index in [0.29, 0.717) is 18.9 Å². The summed E-state index contributed by atoms with van der Waals surface area (Å²) in [5.74, 6) is -0.269. The van der Waals surface area contributed by atoms with Gasteiger partial charge < -0.3 is 24.4 Å². The molecule has 2 aromatic rings. The number of aliphatic hydroxyl groups is 1. The zero-order valence-corrected chi connectivity index (χ0v) is 26.1. The second-order valence-electron chi connectivity index (χ2n) is 11.3. The van der Waals surface area contributed by atoms with E-state index in [0.717, 1.165) is 31.1 Å². The first kappa shape index (κ1) is 33.4. The van der Waals surface area contributed by atoms with Crippen LogP contribution in [-0.2, 0) is 26.0 Å². The third kappa shape index (κ3) is 9.99. The average molecular weight is 604 g/mol. The first-order valence-electron chi connectivity index (χ1n) is 14.5. The standard InChI is InChI=1S/C31H45N3O7S/c1-22-19-34(23(2)21-35)31(37)27-18-26(32-42(5,38)39)14-15-28(27)41-24(3)11-9-10-16-40-29(22)20-33(4)30(36)17-25-12-7-6-8-13-25/h6-8,12-15,18,22-24,29,32,35H,9-11,16-17,19-21H2,1-5H3/t22-,23-,24-,29+/m1/s1. The first-order valence-corrected chi connectivity index (χ1v) is 16.4. The molecule has 0 bridgehead atoms. The number of nitrogens with zero attached hydrogens (tertiary/aromatic N) is 2. The molecule has 0 unspecified atom stereocenters. The number of anilines is 1. The van der Waals surface area contributed by atoms with Crippen LogP contribution in [0.4, 0.5) is 5.69 Å². The number of fused-ring (bicyclic) bond motifs is 1. The molecule has 0 radical (unpaired) electrons. The number of hydrogen-bond acceptors (Lipinski definition) is 7.